The van der Waals surface area contributed by atoms with Crippen molar-refractivity contribution in [3.63, 3.8) is 0 Å². The van der Waals surface area contributed by atoms with E-state index in [0.717, 1.165) is 10.5 Å². The first-order valence-corrected chi connectivity index (χ1v) is 7.25. The van der Waals surface area contributed by atoms with E-state index in [2.05, 4.69) is 6.58 Å². The third-order valence-corrected chi connectivity index (χ3v) is 4.56. The van der Waals surface area contributed by atoms with Crippen molar-refractivity contribution in [3.05, 3.63) is 78.4 Å². The van der Waals surface area contributed by atoms with Crippen LogP contribution in [0, 0.1) is 0 Å². The van der Waals surface area contributed by atoms with E-state index in [-0.39, 0.29) is 5.97 Å². The first-order valence-electron chi connectivity index (χ1n) is 6.43. The van der Waals surface area contributed by atoms with Crippen LogP contribution in [-0.4, -0.2) is 5.97 Å². The molecule has 0 spiro atoms. The molecular weight excluding hydrogens is 268 g/mol. The molecule has 0 fully saturated rings. The van der Waals surface area contributed by atoms with Gasteiger partial charge in [-0.1, -0.05) is 54.2 Å². The fraction of sp³-hybridized carbons (Fsp3) is 0.118. The summed E-state index contributed by atoms with van der Waals surface area (Å²) in [5.41, 5.74) is 1.58. The standard InChI is InChI=1S/C17H14O2S/c1-2-12-17(20-13-8-4-3-5-9-13)15-11-7-6-10-14(15)16(18)19-17/h2-11H,1,12H2. The summed E-state index contributed by atoms with van der Waals surface area (Å²) in [5, 5.41) is 0. The van der Waals surface area contributed by atoms with Crippen molar-refractivity contribution >= 4 is 17.7 Å². The molecule has 1 unspecified atom stereocenters. The summed E-state index contributed by atoms with van der Waals surface area (Å²) in [5.74, 6) is -0.258. The minimum atomic E-state index is -0.698. The Bertz CT molecular complexity index is 651. The van der Waals surface area contributed by atoms with Gasteiger partial charge in [0.15, 0.2) is 4.93 Å². The molecule has 0 aliphatic carbocycles. The molecule has 3 rings (SSSR count). The monoisotopic (exact) mass is 282 g/mol. The second kappa shape index (κ2) is 5.17. The highest BCUT2D eigenvalue weighted by atomic mass is 32.2. The number of carbonyl (C=O) groups excluding carboxylic acids is 1. The summed E-state index contributed by atoms with van der Waals surface area (Å²) < 4.78 is 5.72. The average molecular weight is 282 g/mol. The van der Waals surface area contributed by atoms with Crippen molar-refractivity contribution in [2.75, 3.05) is 0 Å². The van der Waals surface area contributed by atoms with E-state index in [9.17, 15) is 4.79 Å². The lowest BCUT2D eigenvalue weighted by Gasteiger charge is -2.27. The van der Waals surface area contributed by atoms with Crippen molar-refractivity contribution in [1.82, 2.24) is 0 Å². The maximum atomic E-state index is 12.1. The molecule has 2 aromatic rings. The van der Waals surface area contributed by atoms with E-state index in [4.69, 9.17) is 4.74 Å². The predicted octanol–water partition coefficient (Wildman–Crippen LogP) is 4.38. The number of thioether (sulfide) groups is 1. The number of rotatable bonds is 4. The minimum Gasteiger partial charge on any atom is -0.439 e. The van der Waals surface area contributed by atoms with Gasteiger partial charge in [0, 0.05) is 16.9 Å². The lowest BCUT2D eigenvalue weighted by atomic mass is 10.0. The molecule has 1 aliphatic rings. The maximum absolute atomic E-state index is 12.1. The Morgan fingerprint density at radius 2 is 1.80 bits per heavy atom. The van der Waals surface area contributed by atoms with Crippen molar-refractivity contribution in [1.29, 1.82) is 0 Å². The number of hydrogen-bond donors (Lipinski definition) is 0. The van der Waals surface area contributed by atoms with Crippen molar-refractivity contribution in [2.45, 2.75) is 16.2 Å². The summed E-state index contributed by atoms with van der Waals surface area (Å²) in [7, 11) is 0. The van der Waals surface area contributed by atoms with Gasteiger partial charge in [0.2, 0.25) is 0 Å². The van der Waals surface area contributed by atoms with Crippen molar-refractivity contribution in [2.24, 2.45) is 0 Å². The van der Waals surface area contributed by atoms with Crippen LogP contribution >= 0.6 is 11.8 Å². The quantitative estimate of drug-likeness (QED) is 0.615. The highest BCUT2D eigenvalue weighted by Gasteiger charge is 2.45. The second-order valence-corrected chi connectivity index (χ2v) is 5.93. The molecule has 1 heterocycles. The highest BCUT2D eigenvalue weighted by Crippen LogP contribution is 2.50. The molecule has 3 heteroatoms. The predicted molar refractivity (Wildman–Crippen MR) is 80.6 cm³/mol. The van der Waals surface area contributed by atoms with E-state index >= 15 is 0 Å². The van der Waals surface area contributed by atoms with Crippen LogP contribution in [0.5, 0.6) is 0 Å². The number of benzene rings is 2. The molecule has 0 saturated carbocycles. The average Bonchev–Trinajstić information content (AvgIpc) is 2.74. The molecule has 0 N–H and O–H groups in total. The van der Waals surface area contributed by atoms with Crippen LogP contribution < -0.4 is 0 Å². The summed E-state index contributed by atoms with van der Waals surface area (Å²) in [4.78, 5) is 12.4. The molecule has 0 saturated heterocycles. The fourth-order valence-corrected chi connectivity index (χ4v) is 3.67. The van der Waals surface area contributed by atoms with Gasteiger partial charge in [0.05, 0.1) is 5.56 Å². The zero-order valence-electron chi connectivity index (χ0n) is 10.9. The van der Waals surface area contributed by atoms with Crippen molar-refractivity contribution in [3.8, 4) is 0 Å². The normalized spacial score (nSPS) is 20.3. The van der Waals surface area contributed by atoms with Crippen LogP contribution in [0.2, 0.25) is 0 Å². The first kappa shape index (κ1) is 13.0. The fourth-order valence-electron chi connectivity index (χ4n) is 2.39. The molecule has 100 valence electrons. The summed E-state index contributed by atoms with van der Waals surface area (Å²) in [6.45, 7) is 3.80. The molecule has 0 bridgehead atoms. The lowest BCUT2D eigenvalue weighted by molar-refractivity contribution is 0.0297. The molecule has 0 aromatic heterocycles. The van der Waals surface area contributed by atoms with Crippen LogP contribution in [0.25, 0.3) is 0 Å². The molecule has 1 aliphatic heterocycles. The molecule has 2 aromatic carbocycles. The van der Waals surface area contributed by atoms with Gasteiger partial charge in [-0.2, -0.15) is 0 Å². The third kappa shape index (κ3) is 2.14. The Hall–Kier alpha value is -2.00. The summed E-state index contributed by atoms with van der Waals surface area (Å²) in [6, 6.07) is 17.5. The van der Waals surface area contributed by atoms with Gasteiger partial charge in [-0.15, -0.1) is 6.58 Å². The van der Waals surface area contributed by atoms with Gasteiger partial charge in [0.1, 0.15) is 0 Å². The number of cyclic esters (lactones) is 1. The molecule has 1 atom stereocenters. The van der Waals surface area contributed by atoms with Gasteiger partial charge in [0.25, 0.3) is 0 Å². The summed E-state index contributed by atoms with van der Waals surface area (Å²) in [6.07, 6.45) is 2.38. The SMILES string of the molecule is C=CCC1(Sc2ccccc2)OC(=O)c2ccccc21. The largest absolute Gasteiger partial charge is 0.439 e. The molecular formula is C17H14O2S. The smallest absolute Gasteiger partial charge is 0.340 e. The molecule has 2 nitrogen and oxygen atoms in total. The zero-order chi connectivity index (χ0) is 14.0. The van der Waals surface area contributed by atoms with Crippen LogP contribution in [0.15, 0.2) is 72.1 Å². The Balaban J connectivity index is 2.06. The topological polar surface area (TPSA) is 26.3 Å². The summed E-state index contributed by atoms with van der Waals surface area (Å²) >= 11 is 1.56. The second-order valence-electron chi connectivity index (χ2n) is 4.60. The van der Waals surface area contributed by atoms with Gasteiger partial charge in [-0.25, -0.2) is 4.79 Å². The third-order valence-electron chi connectivity index (χ3n) is 3.25. The number of esters is 1. The molecule has 0 radical (unpaired) electrons. The van der Waals surface area contributed by atoms with Gasteiger partial charge in [-0.05, 0) is 18.2 Å². The van der Waals surface area contributed by atoms with E-state index in [1.54, 1.807) is 17.8 Å². The highest BCUT2D eigenvalue weighted by molar-refractivity contribution is 8.00. The number of hydrogen-bond acceptors (Lipinski definition) is 3. The Kier molecular flexibility index (Phi) is 3.36. The number of carbonyl (C=O) groups is 1. The van der Waals surface area contributed by atoms with Gasteiger partial charge in [-0.3, -0.25) is 0 Å². The van der Waals surface area contributed by atoms with E-state index in [0.29, 0.717) is 12.0 Å². The zero-order valence-corrected chi connectivity index (χ0v) is 11.7. The number of fused-ring (bicyclic) bond motifs is 1. The Morgan fingerprint density at radius 3 is 2.55 bits per heavy atom. The first-order chi connectivity index (χ1) is 9.75. The number of ether oxygens (including phenoxy) is 1. The van der Waals surface area contributed by atoms with Crippen LogP contribution in [0.1, 0.15) is 22.3 Å². The van der Waals surface area contributed by atoms with Crippen LogP contribution in [0.4, 0.5) is 0 Å². The van der Waals surface area contributed by atoms with Gasteiger partial charge < -0.3 is 4.74 Å². The van der Waals surface area contributed by atoms with Gasteiger partial charge >= 0.3 is 5.97 Å². The van der Waals surface area contributed by atoms with Crippen molar-refractivity contribution < 1.29 is 9.53 Å². The van der Waals surface area contributed by atoms with E-state index in [1.165, 1.54) is 0 Å². The van der Waals surface area contributed by atoms with Crippen LogP contribution in [-0.2, 0) is 9.67 Å². The Labute approximate surface area is 122 Å². The maximum Gasteiger partial charge on any atom is 0.340 e. The van der Waals surface area contributed by atoms with E-state index < -0.39 is 4.93 Å². The van der Waals surface area contributed by atoms with E-state index in [1.807, 2.05) is 54.6 Å². The molecule has 0 amide bonds. The Morgan fingerprint density at radius 1 is 1.10 bits per heavy atom. The van der Waals surface area contributed by atoms with Crippen LogP contribution in [0.3, 0.4) is 0 Å². The molecule has 20 heavy (non-hydrogen) atoms. The minimum absolute atomic E-state index is 0.258. The lowest BCUT2D eigenvalue weighted by Crippen LogP contribution is -2.21.